The first kappa shape index (κ1) is 14.0. The van der Waals surface area contributed by atoms with Gasteiger partial charge in [-0.2, -0.15) is 0 Å². The standard InChI is InChI=1S/C14H18ClN3O/c1-3-7-16-8-6-13-17-18-14(19-13)11-5-4-10(2)9-12(11)15/h4-5,9,16H,3,6-8H2,1-2H3. The molecule has 1 heterocycles. The van der Waals surface area contributed by atoms with E-state index in [2.05, 4.69) is 22.4 Å². The summed E-state index contributed by atoms with van der Waals surface area (Å²) in [5.74, 6) is 1.12. The Morgan fingerprint density at radius 3 is 2.84 bits per heavy atom. The van der Waals surface area contributed by atoms with Crippen LogP contribution in [-0.2, 0) is 6.42 Å². The minimum Gasteiger partial charge on any atom is -0.421 e. The maximum absolute atomic E-state index is 6.18. The fourth-order valence-electron chi connectivity index (χ4n) is 1.75. The van der Waals surface area contributed by atoms with Crippen molar-refractivity contribution in [2.75, 3.05) is 13.1 Å². The maximum atomic E-state index is 6.18. The van der Waals surface area contributed by atoms with E-state index in [-0.39, 0.29) is 0 Å². The first-order valence-corrected chi connectivity index (χ1v) is 6.88. The van der Waals surface area contributed by atoms with Gasteiger partial charge in [-0.05, 0) is 37.6 Å². The van der Waals surface area contributed by atoms with E-state index in [1.54, 1.807) is 0 Å². The Bertz CT molecular complexity index is 539. The third kappa shape index (κ3) is 3.78. The summed E-state index contributed by atoms with van der Waals surface area (Å²) in [4.78, 5) is 0. The van der Waals surface area contributed by atoms with Gasteiger partial charge in [0.2, 0.25) is 11.8 Å². The molecule has 5 heteroatoms. The molecule has 0 unspecified atom stereocenters. The minimum absolute atomic E-state index is 0.482. The van der Waals surface area contributed by atoms with Gasteiger partial charge in [0.05, 0.1) is 10.6 Å². The van der Waals surface area contributed by atoms with Crippen LogP contribution in [0.3, 0.4) is 0 Å². The minimum atomic E-state index is 0.482. The zero-order valence-corrected chi connectivity index (χ0v) is 12.0. The van der Waals surface area contributed by atoms with E-state index in [4.69, 9.17) is 16.0 Å². The Labute approximate surface area is 118 Å². The lowest BCUT2D eigenvalue weighted by Crippen LogP contribution is -2.17. The predicted octanol–water partition coefficient (Wildman–Crippen LogP) is 3.24. The Kier molecular flexibility index (Phi) is 4.93. The van der Waals surface area contributed by atoms with Gasteiger partial charge in [-0.1, -0.05) is 24.6 Å². The van der Waals surface area contributed by atoms with Crippen molar-refractivity contribution in [2.45, 2.75) is 26.7 Å². The Morgan fingerprint density at radius 2 is 2.11 bits per heavy atom. The van der Waals surface area contributed by atoms with Gasteiger partial charge in [0, 0.05) is 13.0 Å². The van der Waals surface area contributed by atoms with Crippen LogP contribution >= 0.6 is 11.6 Å². The van der Waals surface area contributed by atoms with E-state index >= 15 is 0 Å². The fourth-order valence-corrected chi connectivity index (χ4v) is 2.07. The summed E-state index contributed by atoms with van der Waals surface area (Å²) in [5, 5.41) is 12.0. The number of nitrogens with one attached hydrogen (secondary N) is 1. The van der Waals surface area contributed by atoms with Crippen LogP contribution in [0.25, 0.3) is 11.5 Å². The van der Waals surface area contributed by atoms with E-state index < -0.39 is 0 Å². The summed E-state index contributed by atoms with van der Waals surface area (Å²) >= 11 is 6.18. The van der Waals surface area contributed by atoms with E-state index in [1.807, 2.05) is 25.1 Å². The van der Waals surface area contributed by atoms with Crippen molar-refractivity contribution in [3.8, 4) is 11.5 Å². The molecule has 1 aromatic carbocycles. The van der Waals surface area contributed by atoms with Crippen molar-refractivity contribution < 1.29 is 4.42 Å². The first-order chi connectivity index (χ1) is 9.20. The van der Waals surface area contributed by atoms with Gasteiger partial charge in [-0.3, -0.25) is 0 Å². The summed E-state index contributed by atoms with van der Waals surface area (Å²) in [6.07, 6.45) is 1.85. The van der Waals surface area contributed by atoms with Gasteiger partial charge in [0.1, 0.15) is 0 Å². The molecule has 0 spiro atoms. The number of rotatable bonds is 6. The summed E-state index contributed by atoms with van der Waals surface area (Å²) in [6, 6.07) is 5.78. The molecule has 2 aromatic rings. The molecule has 1 aromatic heterocycles. The molecule has 102 valence electrons. The van der Waals surface area contributed by atoms with Crippen molar-refractivity contribution in [1.82, 2.24) is 15.5 Å². The highest BCUT2D eigenvalue weighted by Gasteiger charge is 2.11. The SMILES string of the molecule is CCCNCCc1nnc(-c2ccc(C)cc2Cl)o1. The average Bonchev–Trinajstić information content (AvgIpc) is 2.83. The molecule has 0 saturated carbocycles. The average molecular weight is 280 g/mol. The van der Waals surface area contributed by atoms with Crippen molar-refractivity contribution in [2.24, 2.45) is 0 Å². The number of hydrogen-bond donors (Lipinski definition) is 1. The summed E-state index contributed by atoms with van der Waals surface area (Å²) in [5.41, 5.74) is 1.89. The van der Waals surface area contributed by atoms with Crippen molar-refractivity contribution in [1.29, 1.82) is 0 Å². The second kappa shape index (κ2) is 6.68. The lowest BCUT2D eigenvalue weighted by molar-refractivity contribution is 0.494. The predicted molar refractivity (Wildman–Crippen MR) is 76.3 cm³/mol. The molecular formula is C14H18ClN3O. The third-order valence-corrected chi connectivity index (χ3v) is 3.08. The highest BCUT2D eigenvalue weighted by molar-refractivity contribution is 6.33. The van der Waals surface area contributed by atoms with Crippen LogP contribution in [0.4, 0.5) is 0 Å². The molecule has 2 rings (SSSR count). The molecule has 0 saturated heterocycles. The molecule has 19 heavy (non-hydrogen) atoms. The lowest BCUT2D eigenvalue weighted by Gasteiger charge is -2.00. The van der Waals surface area contributed by atoms with E-state index in [0.29, 0.717) is 16.8 Å². The zero-order valence-electron chi connectivity index (χ0n) is 11.2. The van der Waals surface area contributed by atoms with Crippen LogP contribution in [0.2, 0.25) is 5.02 Å². The van der Waals surface area contributed by atoms with E-state index in [9.17, 15) is 0 Å². The maximum Gasteiger partial charge on any atom is 0.249 e. The monoisotopic (exact) mass is 279 g/mol. The van der Waals surface area contributed by atoms with Crippen molar-refractivity contribution >= 4 is 11.6 Å². The molecule has 1 N–H and O–H groups in total. The molecular weight excluding hydrogens is 262 g/mol. The Morgan fingerprint density at radius 1 is 1.26 bits per heavy atom. The van der Waals surface area contributed by atoms with Crippen LogP contribution in [0.5, 0.6) is 0 Å². The molecule has 0 fully saturated rings. The highest BCUT2D eigenvalue weighted by Crippen LogP contribution is 2.27. The summed E-state index contributed by atoms with van der Waals surface area (Å²) in [6.45, 7) is 5.98. The Balaban J connectivity index is 2.04. The lowest BCUT2D eigenvalue weighted by atomic mass is 10.1. The quantitative estimate of drug-likeness (QED) is 0.825. The molecule has 0 radical (unpaired) electrons. The van der Waals surface area contributed by atoms with E-state index in [1.165, 1.54) is 0 Å². The topological polar surface area (TPSA) is 51.0 Å². The summed E-state index contributed by atoms with van der Waals surface area (Å²) in [7, 11) is 0. The Hall–Kier alpha value is -1.39. The normalized spacial score (nSPS) is 10.9. The first-order valence-electron chi connectivity index (χ1n) is 6.50. The van der Waals surface area contributed by atoms with Gasteiger partial charge in [0.15, 0.2) is 0 Å². The fraction of sp³-hybridized carbons (Fsp3) is 0.429. The number of aromatic nitrogens is 2. The molecule has 0 amide bonds. The van der Waals surface area contributed by atoms with Crippen LogP contribution < -0.4 is 5.32 Å². The van der Waals surface area contributed by atoms with Crippen LogP contribution in [0, 0.1) is 6.92 Å². The van der Waals surface area contributed by atoms with Gasteiger partial charge in [-0.25, -0.2) is 0 Å². The van der Waals surface area contributed by atoms with Gasteiger partial charge in [0.25, 0.3) is 0 Å². The van der Waals surface area contributed by atoms with Gasteiger partial charge in [-0.15, -0.1) is 10.2 Å². The van der Waals surface area contributed by atoms with Gasteiger partial charge < -0.3 is 9.73 Å². The highest BCUT2D eigenvalue weighted by atomic mass is 35.5. The number of nitrogens with zero attached hydrogens (tertiary/aromatic N) is 2. The second-order valence-corrected chi connectivity index (χ2v) is 4.89. The molecule has 4 nitrogen and oxygen atoms in total. The largest absolute Gasteiger partial charge is 0.421 e. The second-order valence-electron chi connectivity index (χ2n) is 4.48. The van der Waals surface area contributed by atoms with Crippen LogP contribution in [0.1, 0.15) is 24.8 Å². The number of halogens is 1. The summed E-state index contributed by atoms with van der Waals surface area (Å²) < 4.78 is 5.62. The number of benzene rings is 1. The molecule has 0 bridgehead atoms. The number of aryl methyl sites for hydroxylation is 1. The smallest absolute Gasteiger partial charge is 0.249 e. The molecule has 0 aliphatic rings. The van der Waals surface area contributed by atoms with Gasteiger partial charge >= 0.3 is 0 Å². The number of hydrogen-bond acceptors (Lipinski definition) is 4. The molecule has 0 aliphatic carbocycles. The van der Waals surface area contributed by atoms with Crippen LogP contribution in [-0.4, -0.2) is 23.3 Å². The molecule has 0 aliphatic heterocycles. The molecule has 0 atom stereocenters. The van der Waals surface area contributed by atoms with Crippen LogP contribution in [0.15, 0.2) is 22.6 Å². The zero-order chi connectivity index (χ0) is 13.7. The third-order valence-electron chi connectivity index (χ3n) is 2.76. The van der Waals surface area contributed by atoms with Crippen molar-refractivity contribution in [3.05, 3.63) is 34.7 Å². The van der Waals surface area contributed by atoms with E-state index in [0.717, 1.165) is 37.1 Å². The van der Waals surface area contributed by atoms with Crippen molar-refractivity contribution in [3.63, 3.8) is 0 Å².